The van der Waals surface area contributed by atoms with E-state index in [1.807, 2.05) is 6.92 Å². The highest BCUT2D eigenvalue weighted by Crippen LogP contribution is 2.49. The second-order valence-corrected chi connectivity index (χ2v) is 7.31. The standard InChI is InChI=1S/C22H24F3NO4/c1-5-6-11-26-17-15(13-9-7-8-10-14(13)20(26)27)12-16(18(29-3)19(17)30-4)21(2,28)22(23,24)25/h7-10,12,28H,5-6,11H2,1-4H3. The fourth-order valence-corrected chi connectivity index (χ4v) is 3.69. The first-order valence-corrected chi connectivity index (χ1v) is 9.59. The van der Waals surface area contributed by atoms with Crippen LogP contribution in [-0.2, 0) is 12.1 Å². The van der Waals surface area contributed by atoms with Gasteiger partial charge < -0.3 is 19.1 Å². The largest absolute Gasteiger partial charge is 0.492 e. The fourth-order valence-electron chi connectivity index (χ4n) is 3.69. The van der Waals surface area contributed by atoms with Gasteiger partial charge in [-0.25, -0.2) is 0 Å². The van der Waals surface area contributed by atoms with Gasteiger partial charge in [0.2, 0.25) is 0 Å². The quantitative estimate of drug-likeness (QED) is 0.582. The number of aryl methyl sites for hydroxylation is 1. The smallest absolute Gasteiger partial charge is 0.421 e. The maximum atomic E-state index is 13.7. The van der Waals surface area contributed by atoms with Gasteiger partial charge in [0.1, 0.15) is 0 Å². The minimum Gasteiger partial charge on any atom is -0.492 e. The van der Waals surface area contributed by atoms with Gasteiger partial charge in [0.05, 0.1) is 19.7 Å². The lowest BCUT2D eigenvalue weighted by molar-refractivity contribution is -0.259. The Morgan fingerprint density at radius 1 is 1.03 bits per heavy atom. The number of ether oxygens (including phenoxy) is 2. The van der Waals surface area contributed by atoms with Gasteiger partial charge in [-0.05, 0) is 30.9 Å². The zero-order valence-electron chi connectivity index (χ0n) is 17.3. The minimum absolute atomic E-state index is 0.0199. The molecular weight excluding hydrogens is 399 g/mol. The molecule has 0 aliphatic heterocycles. The van der Waals surface area contributed by atoms with Crippen molar-refractivity contribution in [3.8, 4) is 11.5 Å². The van der Waals surface area contributed by atoms with Crippen molar-refractivity contribution in [3.05, 3.63) is 46.2 Å². The molecule has 0 saturated carbocycles. The summed E-state index contributed by atoms with van der Waals surface area (Å²) >= 11 is 0. The third kappa shape index (κ3) is 3.29. The van der Waals surface area contributed by atoms with E-state index in [1.54, 1.807) is 24.3 Å². The Morgan fingerprint density at radius 2 is 1.63 bits per heavy atom. The van der Waals surface area contributed by atoms with Gasteiger partial charge in [-0.1, -0.05) is 31.5 Å². The summed E-state index contributed by atoms with van der Waals surface area (Å²) in [5.74, 6) is -0.277. The number of aliphatic hydroxyl groups is 1. The number of fused-ring (bicyclic) bond motifs is 3. The monoisotopic (exact) mass is 423 g/mol. The molecule has 0 spiro atoms. The lowest BCUT2D eigenvalue weighted by Crippen LogP contribution is -2.39. The molecule has 3 rings (SSSR count). The number of halogens is 3. The van der Waals surface area contributed by atoms with Crippen molar-refractivity contribution in [1.29, 1.82) is 0 Å². The Labute approximate surface area is 171 Å². The number of alkyl halides is 3. The fraction of sp³-hybridized carbons (Fsp3) is 0.409. The van der Waals surface area contributed by atoms with E-state index in [1.165, 1.54) is 24.9 Å². The van der Waals surface area contributed by atoms with Crippen LogP contribution in [0.15, 0.2) is 35.1 Å². The lowest BCUT2D eigenvalue weighted by Gasteiger charge is -2.30. The first-order chi connectivity index (χ1) is 14.1. The van der Waals surface area contributed by atoms with Crippen molar-refractivity contribution in [2.75, 3.05) is 14.2 Å². The van der Waals surface area contributed by atoms with E-state index in [4.69, 9.17) is 9.47 Å². The topological polar surface area (TPSA) is 60.7 Å². The number of hydrogen-bond acceptors (Lipinski definition) is 4. The van der Waals surface area contributed by atoms with Crippen molar-refractivity contribution < 1.29 is 27.8 Å². The van der Waals surface area contributed by atoms with Crippen LogP contribution in [0.1, 0.15) is 32.3 Å². The van der Waals surface area contributed by atoms with Crippen LogP contribution in [0.25, 0.3) is 21.7 Å². The maximum Gasteiger partial charge on any atom is 0.421 e. The number of methoxy groups -OCH3 is 2. The summed E-state index contributed by atoms with van der Waals surface area (Å²) < 4.78 is 53.3. The number of pyridine rings is 1. The summed E-state index contributed by atoms with van der Waals surface area (Å²) in [6.45, 7) is 3.02. The molecule has 1 aromatic heterocycles. The van der Waals surface area contributed by atoms with Crippen LogP contribution in [0.5, 0.6) is 11.5 Å². The molecule has 0 aliphatic carbocycles. The Hall–Kier alpha value is -2.74. The Balaban J connectivity index is 2.60. The lowest BCUT2D eigenvalue weighted by atomic mass is 9.91. The molecule has 2 aromatic carbocycles. The summed E-state index contributed by atoms with van der Waals surface area (Å²) in [7, 11) is 2.50. The molecule has 30 heavy (non-hydrogen) atoms. The minimum atomic E-state index is -4.95. The van der Waals surface area contributed by atoms with E-state index < -0.39 is 17.3 Å². The molecule has 0 amide bonds. The van der Waals surface area contributed by atoms with E-state index in [0.717, 1.165) is 6.42 Å². The maximum absolute atomic E-state index is 13.7. The van der Waals surface area contributed by atoms with E-state index in [9.17, 15) is 23.1 Å². The van der Waals surface area contributed by atoms with Crippen LogP contribution in [0.2, 0.25) is 0 Å². The average Bonchev–Trinajstić information content (AvgIpc) is 2.71. The molecule has 5 nitrogen and oxygen atoms in total. The van der Waals surface area contributed by atoms with Crippen molar-refractivity contribution in [2.24, 2.45) is 0 Å². The summed E-state index contributed by atoms with van der Waals surface area (Å²) in [4.78, 5) is 13.2. The molecule has 0 saturated heterocycles. The molecule has 1 unspecified atom stereocenters. The summed E-state index contributed by atoms with van der Waals surface area (Å²) in [6.07, 6.45) is -3.44. The number of benzene rings is 2. The summed E-state index contributed by atoms with van der Waals surface area (Å²) in [5.41, 5.74) is -3.59. The molecule has 8 heteroatoms. The molecule has 0 aliphatic rings. The van der Waals surface area contributed by atoms with Crippen LogP contribution in [0.3, 0.4) is 0 Å². The van der Waals surface area contributed by atoms with Gasteiger partial charge in [-0.3, -0.25) is 4.79 Å². The molecule has 1 heterocycles. The van der Waals surface area contributed by atoms with Crippen LogP contribution >= 0.6 is 0 Å². The number of unbranched alkanes of at least 4 members (excludes halogenated alkanes) is 1. The van der Waals surface area contributed by atoms with Crippen molar-refractivity contribution in [1.82, 2.24) is 4.57 Å². The molecule has 0 fully saturated rings. The predicted octanol–water partition coefficient (Wildman–Crippen LogP) is 4.74. The second kappa shape index (κ2) is 7.83. The van der Waals surface area contributed by atoms with E-state index in [0.29, 0.717) is 41.6 Å². The predicted molar refractivity (Wildman–Crippen MR) is 109 cm³/mol. The number of rotatable bonds is 6. The number of hydrogen-bond donors (Lipinski definition) is 1. The Bertz CT molecular complexity index is 1150. The van der Waals surface area contributed by atoms with Crippen molar-refractivity contribution in [2.45, 2.75) is 45.0 Å². The zero-order valence-corrected chi connectivity index (χ0v) is 17.3. The van der Waals surface area contributed by atoms with Crippen LogP contribution in [0, 0.1) is 0 Å². The highest BCUT2D eigenvalue weighted by molar-refractivity contribution is 6.08. The van der Waals surface area contributed by atoms with E-state index in [-0.39, 0.29) is 17.1 Å². The normalized spacial score (nSPS) is 14.1. The van der Waals surface area contributed by atoms with Crippen LogP contribution in [0.4, 0.5) is 13.2 Å². The van der Waals surface area contributed by atoms with Gasteiger partial charge >= 0.3 is 6.18 Å². The van der Waals surface area contributed by atoms with Crippen molar-refractivity contribution in [3.63, 3.8) is 0 Å². The molecule has 1 N–H and O–H groups in total. The van der Waals surface area contributed by atoms with Crippen LogP contribution < -0.4 is 15.0 Å². The van der Waals surface area contributed by atoms with Gasteiger partial charge in [0, 0.05) is 22.9 Å². The highest BCUT2D eigenvalue weighted by atomic mass is 19.4. The van der Waals surface area contributed by atoms with Gasteiger partial charge in [-0.15, -0.1) is 0 Å². The summed E-state index contributed by atoms with van der Waals surface area (Å²) in [6, 6.07) is 7.95. The second-order valence-electron chi connectivity index (χ2n) is 7.31. The first kappa shape index (κ1) is 22.0. The first-order valence-electron chi connectivity index (χ1n) is 9.59. The third-order valence-corrected chi connectivity index (χ3v) is 5.39. The molecule has 3 aromatic rings. The van der Waals surface area contributed by atoms with Crippen LogP contribution in [-0.4, -0.2) is 30.1 Å². The molecule has 0 radical (unpaired) electrons. The Kier molecular flexibility index (Phi) is 5.73. The van der Waals surface area contributed by atoms with E-state index in [2.05, 4.69) is 0 Å². The number of nitrogens with zero attached hydrogens (tertiary/aromatic N) is 1. The van der Waals surface area contributed by atoms with Crippen molar-refractivity contribution >= 4 is 21.7 Å². The molecule has 1 atom stereocenters. The number of aromatic nitrogens is 1. The van der Waals surface area contributed by atoms with Gasteiger partial charge in [0.15, 0.2) is 17.1 Å². The molecular formula is C22H24F3NO4. The Morgan fingerprint density at radius 3 is 2.17 bits per heavy atom. The third-order valence-electron chi connectivity index (χ3n) is 5.39. The highest BCUT2D eigenvalue weighted by Gasteiger charge is 2.53. The zero-order chi connectivity index (χ0) is 22.3. The average molecular weight is 423 g/mol. The van der Waals surface area contributed by atoms with E-state index >= 15 is 0 Å². The summed E-state index contributed by atoms with van der Waals surface area (Å²) in [5, 5.41) is 11.7. The molecule has 0 bridgehead atoms. The SMILES string of the molecule is CCCCn1c(=O)c2ccccc2c2cc(C(C)(O)C(F)(F)F)c(OC)c(OC)c21. The molecule has 162 valence electrons. The van der Waals surface area contributed by atoms with Gasteiger partial charge in [0.25, 0.3) is 5.56 Å². The van der Waals surface area contributed by atoms with Gasteiger partial charge in [-0.2, -0.15) is 13.2 Å².